The number of hydrogen-bond donors (Lipinski definition) is 2. The molecule has 0 unspecified atom stereocenters. The van der Waals surface area contributed by atoms with Crippen molar-refractivity contribution in [3.05, 3.63) is 41.9 Å². The monoisotopic (exact) mass is 256 g/mol. The molecule has 19 heavy (non-hydrogen) atoms. The first kappa shape index (κ1) is 12.0. The van der Waals surface area contributed by atoms with Crippen LogP contribution in [0.2, 0.25) is 0 Å². The van der Waals surface area contributed by atoms with E-state index in [9.17, 15) is 9.90 Å². The molecule has 0 bridgehead atoms. The summed E-state index contributed by atoms with van der Waals surface area (Å²) < 4.78 is 0. The van der Waals surface area contributed by atoms with Gasteiger partial charge in [-0.3, -0.25) is 4.79 Å². The molecule has 1 fully saturated rings. The number of aromatic nitrogens is 2. The van der Waals surface area contributed by atoms with Crippen molar-refractivity contribution in [2.45, 2.75) is 31.6 Å². The summed E-state index contributed by atoms with van der Waals surface area (Å²) in [5, 5.41) is 9.39. The van der Waals surface area contributed by atoms with Gasteiger partial charge in [0.1, 0.15) is 11.2 Å². The van der Waals surface area contributed by atoms with Crippen LogP contribution in [0, 0.1) is 6.92 Å². The van der Waals surface area contributed by atoms with Crippen molar-refractivity contribution in [3.63, 3.8) is 0 Å². The lowest BCUT2D eigenvalue weighted by Gasteiger charge is -2.35. The third-order valence-corrected chi connectivity index (χ3v) is 4.01. The van der Waals surface area contributed by atoms with E-state index in [-0.39, 0.29) is 0 Å². The van der Waals surface area contributed by atoms with Gasteiger partial charge in [0.15, 0.2) is 0 Å². The van der Waals surface area contributed by atoms with Gasteiger partial charge in [0.25, 0.3) is 0 Å². The van der Waals surface area contributed by atoms with Crippen LogP contribution in [0.1, 0.15) is 30.7 Å². The highest BCUT2D eigenvalue weighted by Gasteiger charge is 2.48. The van der Waals surface area contributed by atoms with E-state index in [0.717, 1.165) is 17.7 Å². The summed E-state index contributed by atoms with van der Waals surface area (Å²) in [5.74, 6) is -0.189. The molecule has 1 aromatic heterocycles. The Bertz CT molecular complexity index is 609. The fourth-order valence-electron chi connectivity index (χ4n) is 2.53. The molecule has 0 saturated heterocycles. The maximum Gasteiger partial charge on any atom is 0.317 e. The highest BCUT2D eigenvalue weighted by Crippen LogP contribution is 2.43. The molecular weight excluding hydrogens is 240 g/mol. The lowest BCUT2D eigenvalue weighted by molar-refractivity contribution is -0.147. The quantitative estimate of drug-likeness (QED) is 0.887. The Labute approximate surface area is 111 Å². The Balaban J connectivity index is 1.95. The van der Waals surface area contributed by atoms with E-state index in [1.807, 2.05) is 31.2 Å². The minimum Gasteiger partial charge on any atom is -0.480 e. The second-order valence-electron chi connectivity index (χ2n) is 5.25. The highest BCUT2D eigenvalue weighted by atomic mass is 16.4. The number of carboxylic acid groups (broad SMARTS) is 1. The number of H-pyrrole nitrogens is 1. The van der Waals surface area contributed by atoms with E-state index < -0.39 is 11.4 Å². The van der Waals surface area contributed by atoms with E-state index >= 15 is 0 Å². The predicted molar refractivity (Wildman–Crippen MR) is 71.9 cm³/mol. The molecule has 4 heteroatoms. The van der Waals surface area contributed by atoms with Crippen LogP contribution in [0.3, 0.4) is 0 Å². The first-order chi connectivity index (χ1) is 9.12. The fraction of sp³-hybridized carbons (Fsp3) is 0.333. The molecule has 0 spiro atoms. The second-order valence-corrected chi connectivity index (χ2v) is 5.25. The molecule has 1 aliphatic rings. The van der Waals surface area contributed by atoms with Gasteiger partial charge in [0.05, 0.1) is 11.9 Å². The number of rotatable bonds is 3. The van der Waals surface area contributed by atoms with Gasteiger partial charge in [-0.1, -0.05) is 36.2 Å². The van der Waals surface area contributed by atoms with E-state index in [0.29, 0.717) is 18.7 Å². The smallest absolute Gasteiger partial charge is 0.317 e. The average Bonchev–Trinajstić information content (AvgIpc) is 2.77. The molecule has 2 N–H and O–H groups in total. The number of nitrogens with one attached hydrogen (secondary N) is 1. The van der Waals surface area contributed by atoms with Crippen molar-refractivity contribution in [1.82, 2.24) is 9.97 Å². The predicted octanol–water partition coefficient (Wildman–Crippen LogP) is 2.89. The maximum atomic E-state index is 11.4. The molecule has 0 radical (unpaired) electrons. The Morgan fingerprint density at radius 3 is 2.53 bits per heavy atom. The Hall–Kier alpha value is -2.10. The SMILES string of the molecule is Cc1ccc(-c2cnc(C3(C(=O)O)CCC3)[nH]2)cc1. The number of imidazole rings is 1. The number of carbonyl (C=O) groups is 1. The largest absolute Gasteiger partial charge is 0.480 e. The minimum absolute atomic E-state index is 0.585. The van der Waals surface area contributed by atoms with Crippen LogP contribution >= 0.6 is 0 Å². The minimum atomic E-state index is -0.789. The summed E-state index contributed by atoms with van der Waals surface area (Å²) in [6, 6.07) is 8.10. The van der Waals surface area contributed by atoms with Gasteiger partial charge < -0.3 is 10.1 Å². The van der Waals surface area contributed by atoms with Crippen LogP contribution < -0.4 is 0 Å². The van der Waals surface area contributed by atoms with Crippen LogP contribution in [0.25, 0.3) is 11.3 Å². The molecule has 98 valence electrons. The van der Waals surface area contributed by atoms with Crippen molar-refractivity contribution in [2.75, 3.05) is 0 Å². The zero-order valence-corrected chi connectivity index (χ0v) is 10.8. The zero-order chi connectivity index (χ0) is 13.5. The average molecular weight is 256 g/mol. The first-order valence-corrected chi connectivity index (χ1v) is 6.48. The second kappa shape index (κ2) is 4.23. The number of nitrogens with zero attached hydrogens (tertiary/aromatic N) is 1. The van der Waals surface area contributed by atoms with E-state index in [1.54, 1.807) is 6.20 Å². The van der Waals surface area contributed by atoms with Gasteiger partial charge in [-0.25, -0.2) is 4.98 Å². The molecule has 0 amide bonds. The summed E-state index contributed by atoms with van der Waals surface area (Å²) >= 11 is 0. The molecule has 0 atom stereocenters. The lowest BCUT2D eigenvalue weighted by Crippen LogP contribution is -2.43. The summed E-state index contributed by atoms with van der Waals surface area (Å²) in [6.45, 7) is 2.04. The van der Waals surface area contributed by atoms with Crippen molar-refractivity contribution in [1.29, 1.82) is 0 Å². The number of hydrogen-bond acceptors (Lipinski definition) is 2. The van der Waals surface area contributed by atoms with E-state index in [2.05, 4.69) is 9.97 Å². The van der Waals surface area contributed by atoms with Crippen molar-refractivity contribution < 1.29 is 9.90 Å². The van der Waals surface area contributed by atoms with E-state index in [1.165, 1.54) is 5.56 Å². The molecule has 3 rings (SSSR count). The summed E-state index contributed by atoms with van der Waals surface area (Å²) in [6.07, 6.45) is 4.02. The molecular formula is C15H16N2O2. The van der Waals surface area contributed by atoms with Gasteiger partial charge in [-0.15, -0.1) is 0 Å². The molecule has 2 aromatic rings. The zero-order valence-electron chi connectivity index (χ0n) is 10.8. The standard InChI is InChI=1S/C15H16N2O2/c1-10-3-5-11(6-4-10)12-9-16-13(17-12)15(14(18)19)7-2-8-15/h3-6,9H,2,7-8H2,1H3,(H,16,17)(H,18,19). The Morgan fingerprint density at radius 1 is 1.32 bits per heavy atom. The van der Waals surface area contributed by atoms with Gasteiger partial charge >= 0.3 is 5.97 Å². The summed E-state index contributed by atoms with van der Waals surface area (Å²) in [5.41, 5.74) is 2.32. The lowest BCUT2D eigenvalue weighted by atomic mass is 9.68. The van der Waals surface area contributed by atoms with E-state index in [4.69, 9.17) is 0 Å². The molecule has 1 aliphatic carbocycles. The van der Waals surface area contributed by atoms with Crippen molar-refractivity contribution in [3.8, 4) is 11.3 Å². The fourth-order valence-corrected chi connectivity index (χ4v) is 2.53. The highest BCUT2D eigenvalue weighted by molar-refractivity contribution is 5.81. The molecule has 1 heterocycles. The molecule has 4 nitrogen and oxygen atoms in total. The maximum absolute atomic E-state index is 11.4. The Morgan fingerprint density at radius 2 is 2.00 bits per heavy atom. The van der Waals surface area contributed by atoms with Crippen LogP contribution in [-0.2, 0) is 10.2 Å². The first-order valence-electron chi connectivity index (χ1n) is 6.48. The molecule has 0 aliphatic heterocycles. The van der Waals surface area contributed by atoms with Crippen LogP contribution in [0.15, 0.2) is 30.5 Å². The third kappa shape index (κ3) is 1.84. The van der Waals surface area contributed by atoms with Gasteiger partial charge in [-0.05, 0) is 25.3 Å². The molecule has 1 aromatic carbocycles. The normalized spacial score (nSPS) is 16.9. The third-order valence-electron chi connectivity index (χ3n) is 4.01. The van der Waals surface area contributed by atoms with Crippen molar-refractivity contribution >= 4 is 5.97 Å². The Kier molecular flexibility index (Phi) is 2.66. The summed E-state index contributed by atoms with van der Waals surface area (Å²) in [7, 11) is 0. The number of carboxylic acids is 1. The van der Waals surface area contributed by atoms with Crippen LogP contribution in [0.4, 0.5) is 0 Å². The van der Waals surface area contributed by atoms with Crippen molar-refractivity contribution in [2.24, 2.45) is 0 Å². The van der Waals surface area contributed by atoms with Crippen LogP contribution in [-0.4, -0.2) is 21.0 Å². The number of aromatic amines is 1. The van der Waals surface area contributed by atoms with Gasteiger partial charge in [0, 0.05) is 0 Å². The topological polar surface area (TPSA) is 66.0 Å². The molecule has 1 saturated carbocycles. The number of benzene rings is 1. The van der Waals surface area contributed by atoms with Gasteiger partial charge in [-0.2, -0.15) is 0 Å². The number of aryl methyl sites for hydroxylation is 1. The summed E-state index contributed by atoms with van der Waals surface area (Å²) in [4.78, 5) is 18.9. The van der Waals surface area contributed by atoms with Gasteiger partial charge in [0.2, 0.25) is 0 Å². The number of aliphatic carboxylic acids is 1. The van der Waals surface area contributed by atoms with Crippen LogP contribution in [0.5, 0.6) is 0 Å².